The molecule has 7 nitrogen and oxygen atoms in total. The number of anilines is 2. The van der Waals surface area contributed by atoms with Crippen molar-refractivity contribution in [3.8, 4) is 0 Å². The largest absolute Gasteiger partial charge is 0.368 e. The lowest BCUT2D eigenvalue weighted by Gasteiger charge is -2.03. The fourth-order valence-electron chi connectivity index (χ4n) is 1.34. The highest BCUT2D eigenvalue weighted by atomic mass is 35.5. The van der Waals surface area contributed by atoms with Gasteiger partial charge in [0.05, 0.1) is 5.69 Å². The number of nitrogens with two attached hydrogens (primary N) is 1. The van der Waals surface area contributed by atoms with E-state index in [1.165, 1.54) is 0 Å². The number of aryl methyl sites for hydroxylation is 1. The third-order valence-corrected chi connectivity index (χ3v) is 2.23. The van der Waals surface area contributed by atoms with Crippen LogP contribution in [0, 0.1) is 0 Å². The van der Waals surface area contributed by atoms with Crippen molar-refractivity contribution in [2.45, 2.75) is 6.42 Å². The lowest BCUT2D eigenvalue weighted by atomic mass is 10.3. The van der Waals surface area contributed by atoms with Crippen LogP contribution in [0.1, 0.15) is 5.69 Å². The Kier molecular flexibility index (Phi) is 3.38. The molecule has 0 atom stereocenters. The van der Waals surface area contributed by atoms with Gasteiger partial charge in [0.15, 0.2) is 0 Å². The van der Waals surface area contributed by atoms with Gasteiger partial charge in [0.25, 0.3) is 0 Å². The molecule has 0 fully saturated rings. The van der Waals surface area contributed by atoms with E-state index in [2.05, 4.69) is 25.4 Å². The molecule has 0 aliphatic rings. The van der Waals surface area contributed by atoms with Crippen LogP contribution in [0.5, 0.6) is 0 Å². The van der Waals surface area contributed by atoms with Gasteiger partial charge >= 0.3 is 0 Å². The summed E-state index contributed by atoms with van der Waals surface area (Å²) < 4.78 is 1.76. The maximum Gasteiger partial charge on any atom is 0.228 e. The first-order valence-corrected chi connectivity index (χ1v) is 5.41. The van der Waals surface area contributed by atoms with E-state index in [4.69, 9.17) is 17.3 Å². The monoisotopic (exact) mass is 253 g/mol. The predicted molar refractivity (Wildman–Crippen MR) is 64.7 cm³/mol. The van der Waals surface area contributed by atoms with Crippen LogP contribution in [0.3, 0.4) is 0 Å². The second-order valence-corrected chi connectivity index (χ2v) is 3.78. The van der Waals surface area contributed by atoms with Crippen LogP contribution in [0.2, 0.25) is 5.28 Å². The highest BCUT2D eigenvalue weighted by molar-refractivity contribution is 6.28. The van der Waals surface area contributed by atoms with Gasteiger partial charge in [-0.1, -0.05) is 0 Å². The Morgan fingerprint density at radius 2 is 2.24 bits per heavy atom. The number of nitrogens with zero attached hydrogens (tertiary/aromatic N) is 5. The zero-order chi connectivity index (χ0) is 12.3. The molecule has 0 aromatic carbocycles. The van der Waals surface area contributed by atoms with Gasteiger partial charge in [-0.15, -0.1) is 0 Å². The van der Waals surface area contributed by atoms with E-state index in [0.29, 0.717) is 12.5 Å². The van der Waals surface area contributed by atoms with Crippen LogP contribution < -0.4 is 11.1 Å². The van der Waals surface area contributed by atoms with Crippen molar-refractivity contribution >= 4 is 23.5 Å². The second-order valence-electron chi connectivity index (χ2n) is 3.44. The molecule has 3 N–H and O–H groups in total. The molecule has 0 amide bonds. The van der Waals surface area contributed by atoms with E-state index in [1.807, 2.05) is 19.3 Å². The van der Waals surface area contributed by atoms with Crippen molar-refractivity contribution in [3.63, 3.8) is 0 Å². The van der Waals surface area contributed by atoms with E-state index >= 15 is 0 Å². The first-order chi connectivity index (χ1) is 8.13. The molecule has 2 heterocycles. The zero-order valence-electron chi connectivity index (χ0n) is 9.26. The molecule has 0 saturated heterocycles. The summed E-state index contributed by atoms with van der Waals surface area (Å²) in [7, 11) is 1.88. The lowest BCUT2D eigenvalue weighted by Crippen LogP contribution is -2.10. The molecular formula is C9H12ClN7. The third kappa shape index (κ3) is 3.28. The molecule has 2 aromatic rings. The van der Waals surface area contributed by atoms with Crippen LogP contribution in [0.15, 0.2) is 12.3 Å². The highest BCUT2D eigenvalue weighted by Gasteiger charge is 2.02. The number of rotatable bonds is 4. The average Bonchev–Trinajstić information content (AvgIpc) is 2.63. The number of nitrogens with one attached hydrogen (secondary N) is 1. The summed E-state index contributed by atoms with van der Waals surface area (Å²) in [6.45, 7) is 0.650. The van der Waals surface area contributed by atoms with Crippen molar-refractivity contribution < 1.29 is 0 Å². The molecule has 90 valence electrons. The summed E-state index contributed by atoms with van der Waals surface area (Å²) in [5, 5.41) is 7.34. The fourth-order valence-corrected chi connectivity index (χ4v) is 1.51. The number of hydrogen-bond donors (Lipinski definition) is 2. The molecule has 8 heteroatoms. The summed E-state index contributed by atoms with van der Waals surface area (Å²) in [6, 6.07) is 1.95. The first-order valence-electron chi connectivity index (χ1n) is 5.03. The molecule has 17 heavy (non-hydrogen) atoms. The fraction of sp³-hybridized carbons (Fsp3) is 0.333. The molecule has 0 bridgehead atoms. The molecule has 2 aromatic heterocycles. The van der Waals surface area contributed by atoms with Gasteiger partial charge in [-0.2, -0.15) is 20.1 Å². The average molecular weight is 254 g/mol. The summed E-state index contributed by atoms with van der Waals surface area (Å²) in [6.07, 6.45) is 2.66. The quantitative estimate of drug-likeness (QED) is 0.824. The molecule has 0 unspecified atom stereocenters. The predicted octanol–water partition coefficient (Wildman–Crippen LogP) is 0.495. The van der Waals surface area contributed by atoms with Crippen LogP contribution in [-0.4, -0.2) is 31.3 Å². The summed E-state index contributed by atoms with van der Waals surface area (Å²) in [5.41, 5.74) is 6.44. The van der Waals surface area contributed by atoms with Crippen molar-refractivity contribution in [3.05, 3.63) is 23.2 Å². The van der Waals surface area contributed by atoms with Gasteiger partial charge in [0.2, 0.25) is 17.2 Å². The maximum absolute atomic E-state index is 5.65. The van der Waals surface area contributed by atoms with Gasteiger partial charge in [0, 0.05) is 26.2 Å². The minimum atomic E-state index is 0.0813. The van der Waals surface area contributed by atoms with Gasteiger partial charge in [-0.3, -0.25) is 4.68 Å². The summed E-state index contributed by atoms with van der Waals surface area (Å²) in [5.74, 6) is 0.476. The Morgan fingerprint density at radius 3 is 2.88 bits per heavy atom. The van der Waals surface area contributed by atoms with Gasteiger partial charge in [0.1, 0.15) is 0 Å². The molecule has 0 aliphatic carbocycles. The minimum absolute atomic E-state index is 0.0813. The number of nitrogen functional groups attached to an aromatic ring is 1. The number of aromatic nitrogens is 5. The standard InChI is InChI=1S/C9H12ClN7/c1-17-5-3-6(16-17)2-4-12-9-14-7(10)13-8(11)15-9/h3,5H,2,4H2,1H3,(H3,11,12,13,14,15). The molecule has 0 radical (unpaired) electrons. The SMILES string of the molecule is Cn1ccc(CCNc2nc(N)nc(Cl)n2)n1. The Labute approximate surface area is 103 Å². The molecule has 0 saturated carbocycles. The van der Waals surface area contributed by atoms with Gasteiger partial charge < -0.3 is 11.1 Å². The number of hydrogen-bond acceptors (Lipinski definition) is 6. The lowest BCUT2D eigenvalue weighted by molar-refractivity contribution is 0.741. The van der Waals surface area contributed by atoms with E-state index in [9.17, 15) is 0 Å². The van der Waals surface area contributed by atoms with E-state index in [1.54, 1.807) is 4.68 Å². The van der Waals surface area contributed by atoms with E-state index in [0.717, 1.165) is 12.1 Å². The summed E-state index contributed by atoms with van der Waals surface area (Å²) in [4.78, 5) is 11.5. The Bertz CT molecular complexity index is 490. The van der Waals surface area contributed by atoms with Crippen molar-refractivity contribution in [2.24, 2.45) is 7.05 Å². The maximum atomic E-state index is 5.65. The van der Waals surface area contributed by atoms with Gasteiger partial charge in [-0.05, 0) is 17.7 Å². The third-order valence-electron chi connectivity index (χ3n) is 2.06. The summed E-state index contributed by atoms with van der Waals surface area (Å²) >= 11 is 5.65. The van der Waals surface area contributed by atoms with Crippen LogP contribution in [-0.2, 0) is 13.5 Å². The first kappa shape index (κ1) is 11.6. The van der Waals surface area contributed by atoms with Crippen molar-refractivity contribution in [2.75, 3.05) is 17.6 Å². The second kappa shape index (κ2) is 4.96. The van der Waals surface area contributed by atoms with Crippen LogP contribution >= 0.6 is 11.6 Å². The molecule has 2 rings (SSSR count). The Morgan fingerprint density at radius 1 is 1.41 bits per heavy atom. The Balaban J connectivity index is 1.89. The number of halogens is 1. The molecular weight excluding hydrogens is 242 g/mol. The van der Waals surface area contributed by atoms with Crippen molar-refractivity contribution in [1.29, 1.82) is 0 Å². The minimum Gasteiger partial charge on any atom is -0.368 e. The molecule has 0 aliphatic heterocycles. The smallest absolute Gasteiger partial charge is 0.228 e. The topological polar surface area (TPSA) is 94.5 Å². The zero-order valence-corrected chi connectivity index (χ0v) is 10.0. The van der Waals surface area contributed by atoms with Gasteiger partial charge in [-0.25, -0.2) is 0 Å². The van der Waals surface area contributed by atoms with Crippen molar-refractivity contribution in [1.82, 2.24) is 24.7 Å². The van der Waals surface area contributed by atoms with E-state index < -0.39 is 0 Å². The van der Waals surface area contributed by atoms with Crippen LogP contribution in [0.4, 0.5) is 11.9 Å². The normalized spacial score (nSPS) is 10.5. The molecule has 0 spiro atoms. The Hall–Kier alpha value is -1.89. The van der Waals surface area contributed by atoms with E-state index in [-0.39, 0.29) is 11.2 Å². The highest BCUT2D eigenvalue weighted by Crippen LogP contribution is 2.06. The van der Waals surface area contributed by atoms with Crippen LogP contribution in [0.25, 0.3) is 0 Å².